The molecule has 2 bridgehead atoms. The van der Waals surface area contributed by atoms with Crippen molar-refractivity contribution in [2.24, 2.45) is 5.92 Å². The van der Waals surface area contributed by atoms with E-state index in [0.29, 0.717) is 24.9 Å². The van der Waals surface area contributed by atoms with E-state index in [0.717, 1.165) is 49.5 Å². The van der Waals surface area contributed by atoms with Crippen molar-refractivity contribution in [3.63, 3.8) is 0 Å². The predicted molar refractivity (Wildman–Crippen MR) is 119 cm³/mol. The van der Waals surface area contributed by atoms with Gasteiger partial charge < -0.3 is 15.2 Å². The minimum absolute atomic E-state index is 0. The fraction of sp³-hybridized carbons (Fsp3) is 0.550. The fourth-order valence-electron chi connectivity index (χ4n) is 4.69. The van der Waals surface area contributed by atoms with Crippen LogP contribution in [-0.2, 0) is 25.8 Å². The number of piperidine rings is 1. The summed E-state index contributed by atoms with van der Waals surface area (Å²) in [4.78, 5) is 31.5. The molecule has 2 N–H and O–H groups in total. The molecule has 6 nitrogen and oxygen atoms in total. The molecule has 0 unspecified atom stereocenters. The smallest absolute Gasteiger partial charge is 0.263 e. The van der Waals surface area contributed by atoms with Gasteiger partial charge in [0.2, 0.25) is 0 Å². The van der Waals surface area contributed by atoms with Gasteiger partial charge in [0, 0.05) is 42.5 Å². The standard InChI is InChI=1S/C20H24N4O2S.2ClH/c25-19(22-7-6-18-23-15-2-1-3-17(15)27-18)14-4-5-16-13-8-12(9-21-10-13)11-24(16)20(14)26;;/h4-5,12-13,21H,1-3,6-11H2,(H,22,25);2*1H/t12-,13+;;/m0../s1. The van der Waals surface area contributed by atoms with Crippen molar-refractivity contribution in [1.29, 1.82) is 0 Å². The van der Waals surface area contributed by atoms with Crippen molar-refractivity contribution in [3.05, 3.63) is 49.3 Å². The lowest BCUT2D eigenvalue weighted by Gasteiger charge is -2.37. The minimum Gasteiger partial charge on any atom is -0.351 e. The van der Waals surface area contributed by atoms with Crippen LogP contribution in [0.4, 0.5) is 0 Å². The zero-order chi connectivity index (χ0) is 18.4. The van der Waals surface area contributed by atoms with Crippen molar-refractivity contribution < 1.29 is 4.79 Å². The van der Waals surface area contributed by atoms with Crippen molar-refractivity contribution in [1.82, 2.24) is 20.2 Å². The molecule has 1 saturated heterocycles. The lowest BCUT2D eigenvalue weighted by atomic mass is 9.84. The number of aryl methyl sites for hydroxylation is 2. The number of halogens is 2. The van der Waals surface area contributed by atoms with Gasteiger partial charge in [0.1, 0.15) is 5.56 Å². The molecule has 158 valence electrons. The van der Waals surface area contributed by atoms with Crippen LogP contribution in [0.3, 0.4) is 0 Å². The second kappa shape index (κ2) is 9.16. The molecule has 2 atom stereocenters. The van der Waals surface area contributed by atoms with E-state index in [1.54, 1.807) is 17.4 Å². The molecule has 5 rings (SSSR count). The molecule has 3 aliphatic rings. The Balaban J connectivity index is 0.00000120. The second-order valence-corrected chi connectivity index (χ2v) is 9.05. The Morgan fingerprint density at radius 1 is 1.28 bits per heavy atom. The molecular formula is C20H26Cl2N4O2S. The highest BCUT2D eigenvalue weighted by Crippen LogP contribution is 2.31. The van der Waals surface area contributed by atoms with Crippen LogP contribution in [0.15, 0.2) is 16.9 Å². The van der Waals surface area contributed by atoms with E-state index in [1.165, 1.54) is 17.0 Å². The molecule has 0 aromatic carbocycles. The molecule has 0 radical (unpaired) electrons. The van der Waals surface area contributed by atoms with Gasteiger partial charge in [0.15, 0.2) is 0 Å². The number of carbonyl (C=O) groups is 1. The summed E-state index contributed by atoms with van der Waals surface area (Å²) < 4.78 is 1.83. The molecular weight excluding hydrogens is 431 g/mol. The number of pyridine rings is 1. The number of nitrogens with one attached hydrogen (secondary N) is 2. The number of amides is 1. The highest BCUT2D eigenvalue weighted by atomic mass is 35.5. The lowest BCUT2D eigenvalue weighted by molar-refractivity contribution is 0.0951. The van der Waals surface area contributed by atoms with Crippen molar-refractivity contribution in [3.8, 4) is 0 Å². The van der Waals surface area contributed by atoms with Crippen LogP contribution < -0.4 is 16.2 Å². The zero-order valence-electron chi connectivity index (χ0n) is 16.1. The highest BCUT2D eigenvalue weighted by molar-refractivity contribution is 7.11. The maximum Gasteiger partial charge on any atom is 0.263 e. The van der Waals surface area contributed by atoms with Gasteiger partial charge in [-0.3, -0.25) is 9.59 Å². The second-order valence-electron chi connectivity index (χ2n) is 7.88. The quantitative estimate of drug-likeness (QED) is 0.739. The highest BCUT2D eigenvalue weighted by Gasteiger charge is 2.31. The van der Waals surface area contributed by atoms with Crippen LogP contribution in [0.5, 0.6) is 0 Å². The summed E-state index contributed by atoms with van der Waals surface area (Å²) >= 11 is 1.77. The Bertz CT molecular complexity index is 937. The third-order valence-corrected chi connectivity index (χ3v) is 7.23. The molecule has 1 amide bonds. The lowest BCUT2D eigenvalue weighted by Crippen LogP contribution is -2.46. The Morgan fingerprint density at radius 2 is 2.14 bits per heavy atom. The minimum atomic E-state index is -0.270. The summed E-state index contributed by atoms with van der Waals surface area (Å²) in [5.74, 6) is 0.599. The van der Waals surface area contributed by atoms with E-state index in [4.69, 9.17) is 0 Å². The summed E-state index contributed by atoms with van der Waals surface area (Å²) in [6.45, 7) is 3.10. The number of hydrogen-bond donors (Lipinski definition) is 2. The molecule has 4 heterocycles. The van der Waals surface area contributed by atoms with Crippen LogP contribution in [0, 0.1) is 5.92 Å². The number of hydrogen-bond acceptors (Lipinski definition) is 5. The van der Waals surface area contributed by atoms with E-state index in [2.05, 4.69) is 15.6 Å². The van der Waals surface area contributed by atoms with E-state index in [-0.39, 0.29) is 41.8 Å². The fourth-order valence-corrected chi connectivity index (χ4v) is 5.85. The molecule has 2 aromatic heterocycles. The third kappa shape index (κ3) is 4.24. The maximum absolute atomic E-state index is 12.9. The Morgan fingerprint density at radius 3 is 2.97 bits per heavy atom. The van der Waals surface area contributed by atoms with Gasteiger partial charge in [-0.1, -0.05) is 0 Å². The van der Waals surface area contributed by atoms with Crippen LogP contribution >= 0.6 is 36.2 Å². The topological polar surface area (TPSA) is 76.0 Å². The predicted octanol–water partition coefficient (Wildman–Crippen LogP) is 2.32. The van der Waals surface area contributed by atoms with Gasteiger partial charge in [0.25, 0.3) is 11.5 Å². The molecule has 9 heteroatoms. The SMILES string of the molecule is Cl.Cl.O=C(NCCc1nc2c(s1)CCC2)c1ccc2n(c1=O)C[C@@H]1CNC[C@H]2C1. The van der Waals surface area contributed by atoms with Gasteiger partial charge in [-0.2, -0.15) is 0 Å². The molecule has 1 aliphatic carbocycles. The van der Waals surface area contributed by atoms with Crippen molar-refractivity contribution >= 4 is 42.1 Å². The van der Waals surface area contributed by atoms with Crippen LogP contribution in [0.25, 0.3) is 0 Å². The van der Waals surface area contributed by atoms with E-state index in [1.807, 2.05) is 10.6 Å². The normalized spacial score (nSPS) is 21.4. The summed E-state index contributed by atoms with van der Waals surface area (Å²) in [5, 5.41) is 7.44. The average Bonchev–Trinajstić information content (AvgIpc) is 3.24. The Kier molecular flexibility index (Phi) is 7.04. The van der Waals surface area contributed by atoms with Gasteiger partial charge in [-0.15, -0.1) is 36.2 Å². The number of thiazole rings is 1. The molecule has 29 heavy (non-hydrogen) atoms. The Labute approximate surface area is 186 Å². The van der Waals surface area contributed by atoms with Gasteiger partial charge in [-0.25, -0.2) is 4.98 Å². The third-order valence-electron chi connectivity index (χ3n) is 6.02. The number of carbonyl (C=O) groups excluding carboxylic acids is 1. The van der Waals surface area contributed by atoms with E-state index >= 15 is 0 Å². The van der Waals surface area contributed by atoms with Crippen molar-refractivity contribution in [2.45, 2.75) is 44.6 Å². The molecule has 0 saturated carbocycles. The van der Waals surface area contributed by atoms with E-state index in [9.17, 15) is 9.59 Å². The van der Waals surface area contributed by atoms with Crippen LogP contribution in [0.2, 0.25) is 0 Å². The summed E-state index contributed by atoms with van der Waals surface area (Å²) in [6, 6.07) is 3.67. The van der Waals surface area contributed by atoms with Crippen LogP contribution in [0.1, 0.15) is 50.4 Å². The van der Waals surface area contributed by atoms with Gasteiger partial charge in [0.05, 0.1) is 10.7 Å². The first-order valence-electron chi connectivity index (χ1n) is 9.89. The molecule has 2 aliphatic heterocycles. The Hall–Kier alpha value is -1.41. The number of aromatic nitrogens is 2. The van der Waals surface area contributed by atoms with Crippen molar-refractivity contribution in [2.75, 3.05) is 19.6 Å². The summed E-state index contributed by atoms with van der Waals surface area (Å²) in [5.41, 5.74) is 2.43. The largest absolute Gasteiger partial charge is 0.351 e. The van der Waals surface area contributed by atoms with E-state index < -0.39 is 0 Å². The molecule has 1 fully saturated rings. The number of nitrogens with zero attached hydrogens (tertiary/aromatic N) is 2. The first kappa shape index (κ1) is 22.3. The zero-order valence-corrected chi connectivity index (χ0v) is 18.6. The van der Waals surface area contributed by atoms with Gasteiger partial charge in [-0.05, 0) is 50.3 Å². The van der Waals surface area contributed by atoms with Gasteiger partial charge >= 0.3 is 0 Å². The first-order chi connectivity index (χ1) is 13.2. The average molecular weight is 457 g/mol. The monoisotopic (exact) mass is 456 g/mol. The molecule has 2 aromatic rings. The first-order valence-corrected chi connectivity index (χ1v) is 10.7. The van der Waals surface area contributed by atoms with Crippen LogP contribution in [-0.4, -0.2) is 35.1 Å². The summed E-state index contributed by atoms with van der Waals surface area (Å²) in [6.07, 6.45) is 5.30. The summed E-state index contributed by atoms with van der Waals surface area (Å²) in [7, 11) is 0. The maximum atomic E-state index is 12.9. The number of rotatable bonds is 4. The number of fused-ring (bicyclic) bond motifs is 5. The molecule has 0 spiro atoms.